The van der Waals surface area contributed by atoms with Crippen molar-refractivity contribution in [1.82, 2.24) is 15.5 Å². The van der Waals surface area contributed by atoms with Crippen molar-refractivity contribution in [3.63, 3.8) is 0 Å². The maximum atomic E-state index is 13.3. The summed E-state index contributed by atoms with van der Waals surface area (Å²) < 4.78 is 0. The number of benzene rings is 1. The quantitative estimate of drug-likeness (QED) is 0.741. The molecular formula is C20H24N4O4. The van der Waals surface area contributed by atoms with E-state index < -0.39 is 23.8 Å². The summed E-state index contributed by atoms with van der Waals surface area (Å²) in [5, 5.41) is 5.44. The summed E-state index contributed by atoms with van der Waals surface area (Å²) in [5.41, 5.74) is 1.46. The van der Waals surface area contributed by atoms with Gasteiger partial charge in [-0.2, -0.15) is 0 Å². The number of amides is 4. The van der Waals surface area contributed by atoms with Gasteiger partial charge in [-0.25, -0.2) is 0 Å². The Balaban J connectivity index is 1.70. The fourth-order valence-electron chi connectivity index (χ4n) is 4.50. The Morgan fingerprint density at radius 2 is 1.93 bits per heavy atom. The molecule has 0 aliphatic carbocycles. The largest absolute Gasteiger partial charge is 0.367 e. The minimum Gasteiger partial charge on any atom is -0.367 e. The molecule has 0 spiro atoms. The maximum absolute atomic E-state index is 13.3. The average molecular weight is 384 g/mol. The molecule has 148 valence electrons. The van der Waals surface area contributed by atoms with E-state index in [1.165, 1.54) is 0 Å². The summed E-state index contributed by atoms with van der Waals surface area (Å²) in [6, 6.07) is 4.62. The van der Waals surface area contributed by atoms with Crippen LogP contribution in [0.2, 0.25) is 0 Å². The topological polar surface area (TPSA) is 98.8 Å². The molecule has 2 saturated heterocycles. The minimum absolute atomic E-state index is 0.118. The van der Waals surface area contributed by atoms with Gasteiger partial charge in [-0.3, -0.25) is 29.4 Å². The predicted octanol–water partition coefficient (Wildman–Crippen LogP) is 0.666. The van der Waals surface area contributed by atoms with E-state index in [0.29, 0.717) is 11.1 Å². The number of nitrogens with zero attached hydrogens (tertiary/aromatic N) is 2. The van der Waals surface area contributed by atoms with Crippen LogP contribution in [0.3, 0.4) is 0 Å². The van der Waals surface area contributed by atoms with Gasteiger partial charge in [0.25, 0.3) is 11.8 Å². The van der Waals surface area contributed by atoms with E-state index in [9.17, 15) is 19.2 Å². The lowest BCUT2D eigenvalue weighted by Crippen LogP contribution is -2.54. The Morgan fingerprint density at radius 3 is 2.68 bits per heavy atom. The first kappa shape index (κ1) is 18.6. The van der Waals surface area contributed by atoms with Crippen LogP contribution in [0.4, 0.5) is 5.69 Å². The molecule has 1 aromatic rings. The lowest BCUT2D eigenvalue weighted by molar-refractivity contribution is -0.136. The fraction of sp³-hybridized carbons (Fsp3) is 0.500. The van der Waals surface area contributed by atoms with Crippen molar-refractivity contribution in [1.29, 1.82) is 0 Å². The van der Waals surface area contributed by atoms with Crippen molar-refractivity contribution < 1.29 is 19.2 Å². The van der Waals surface area contributed by atoms with E-state index in [1.807, 2.05) is 13.1 Å². The molecule has 28 heavy (non-hydrogen) atoms. The summed E-state index contributed by atoms with van der Waals surface area (Å²) in [6.07, 6.45) is 3.46. The smallest absolute Gasteiger partial charge is 0.264 e. The summed E-state index contributed by atoms with van der Waals surface area (Å²) in [6.45, 7) is 1.62. The van der Waals surface area contributed by atoms with Crippen molar-refractivity contribution in [3.05, 3.63) is 29.3 Å². The van der Waals surface area contributed by atoms with Gasteiger partial charge in [0.15, 0.2) is 0 Å². The molecule has 4 rings (SSSR count). The van der Waals surface area contributed by atoms with Gasteiger partial charge in [-0.1, -0.05) is 6.07 Å². The molecule has 2 atom stereocenters. The zero-order valence-corrected chi connectivity index (χ0v) is 15.9. The third kappa shape index (κ3) is 2.97. The molecule has 0 bridgehead atoms. The zero-order chi connectivity index (χ0) is 19.8. The lowest BCUT2D eigenvalue weighted by Gasteiger charge is -2.38. The second kappa shape index (κ2) is 7.35. The number of carbonyl (C=O) groups excluding carboxylic acids is 4. The second-order valence-electron chi connectivity index (χ2n) is 7.55. The van der Waals surface area contributed by atoms with E-state index in [4.69, 9.17) is 0 Å². The average Bonchev–Trinajstić information content (AvgIpc) is 2.94. The molecule has 0 saturated carbocycles. The van der Waals surface area contributed by atoms with Crippen LogP contribution in [0.15, 0.2) is 18.2 Å². The van der Waals surface area contributed by atoms with Crippen LogP contribution >= 0.6 is 0 Å². The first-order chi connectivity index (χ1) is 13.5. The number of piperidine rings is 2. The number of imide groups is 2. The Labute approximate surface area is 163 Å². The fourth-order valence-corrected chi connectivity index (χ4v) is 4.50. The number of likely N-dealkylation sites (N-methyl/N-ethyl adjacent to an activating group) is 1. The Morgan fingerprint density at radius 1 is 1.11 bits per heavy atom. The van der Waals surface area contributed by atoms with Crippen LogP contribution in [0.25, 0.3) is 0 Å². The molecule has 2 fully saturated rings. The van der Waals surface area contributed by atoms with Crippen LogP contribution in [0.1, 0.15) is 52.8 Å². The predicted molar refractivity (Wildman–Crippen MR) is 102 cm³/mol. The van der Waals surface area contributed by atoms with Crippen LogP contribution in [0, 0.1) is 0 Å². The van der Waals surface area contributed by atoms with Gasteiger partial charge in [-0.05, 0) is 44.9 Å². The molecule has 3 aliphatic rings. The highest BCUT2D eigenvalue weighted by molar-refractivity contribution is 6.25. The van der Waals surface area contributed by atoms with Gasteiger partial charge in [0.05, 0.1) is 16.8 Å². The normalized spacial score (nSPS) is 25.2. The van der Waals surface area contributed by atoms with Gasteiger partial charge in [0.2, 0.25) is 11.8 Å². The Bertz CT molecular complexity index is 851. The minimum atomic E-state index is -0.938. The molecule has 3 heterocycles. The summed E-state index contributed by atoms with van der Waals surface area (Å²) in [4.78, 5) is 53.2. The van der Waals surface area contributed by atoms with Gasteiger partial charge in [0, 0.05) is 25.6 Å². The number of anilines is 1. The summed E-state index contributed by atoms with van der Waals surface area (Å²) in [5.74, 6) is -1.86. The van der Waals surface area contributed by atoms with Crippen molar-refractivity contribution in [2.45, 2.75) is 44.2 Å². The molecule has 4 amide bonds. The van der Waals surface area contributed by atoms with Crippen LogP contribution < -0.4 is 15.5 Å². The van der Waals surface area contributed by atoms with Crippen LogP contribution in [-0.4, -0.2) is 60.7 Å². The van der Waals surface area contributed by atoms with Crippen LogP contribution in [0.5, 0.6) is 0 Å². The molecular weight excluding hydrogens is 360 g/mol. The highest BCUT2D eigenvalue weighted by atomic mass is 16.2. The van der Waals surface area contributed by atoms with E-state index in [0.717, 1.165) is 42.9 Å². The highest BCUT2D eigenvalue weighted by Gasteiger charge is 2.46. The summed E-state index contributed by atoms with van der Waals surface area (Å²) in [7, 11) is 1.90. The molecule has 3 aliphatic heterocycles. The monoisotopic (exact) mass is 384 g/mol. The standard InChI is InChI=1S/C20H24N4O4/c1-21-11-12-5-2-3-10-23(12)14-7-4-6-13-17(14)20(28)24(19(13)27)15-8-9-16(25)22-18(15)26/h4,6-7,12,15,21H,2-3,5,8-11H2,1H3,(H,22,25,26)/t12-,15?/m1/s1. The molecule has 1 unspecified atom stereocenters. The number of fused-ring (bicyclic) bond motifs is 1. The van der Waals surface area contributed by atoms with E-state index >= 15 is 0 Å². The van der Waals surface area contributed by atoms with Gasteiger partial charge >= 0.3 is 0 Å². The number of rotatable bonds is 4. The SMILES string of the molecule is CNC[C@H]1CCCCN1c1cccc2c1C(=O)N(C1CCC(=O)NC1=O)C2=O. The van der Waals surface area contributed by atoms with E-state index in [1.54, 1.807) is 12.1 Å². The molecule has 8 heteroatoms. The molecule has 0 radical (unpaired) electrons. The maximum Gasteiger partial charge on any atom is 0.264 e. The van der Waals surface area contributed by atoms with Crippen molar-refractivity contribution in [3.8, 4) is 0 Å². The molecule has 1 aromatic carbocycles. The van der Waals surface area contributed by atoms with E-state index in [2.05, 4.69) is 15.5 Å². The molecule has 8 nitrogen and oxygen atoms in total. The third-order valence-electron chi connectivity index (χ3n) is 5.82. The molecule has 2 N–H and O–H groups in total. The Kier molecular flexibility index (Phi) is 4.89. The van der Waals surface area contributed by atoms with Crippen LogP contribution in [-0.2, 0) is 9.59 Å². The summed E-state index contributed by atoms with van der Waals surface area (Å²) >= 11 is 0. The number of nitrogens with one attached hydrogen (secondary N) is 2. The lowest BCUT2D eigenvalue weighted by atomic mass is 9.98. The highest BCUT2D eigenvalue weighted by Crippen LogP contribution is 2.36. The van der Waals surface area contributed by atoms with Gasteiger partial charge in [0.1, 0.15) is 6.04 Å². The second-order valence-corrected chi connectivity index (χ2v) is 7.55. The zero-order valence-electron chi connectivity index (χ0n) is 15.9. The van der Waals surface area contributed by atoms with Crippen molar-refractivity contribution >= 4 is 29.3 Å². The van der Waals surface area contributed by atoms with Gasteiger partial charge in [-0.15, -0.1) is 0 Å². The third-order valence-corrected chi connectivity index (χ3v) is 5.82. The van der Waals surface area contributed by atoms with Crippen molar-refractivity contribution in [2.75, 3.05) is 25.0 Å². The number of hydrogen-bond acceptors (Lipinski definition) is 6. The first-order valence-corrected chi connectivity index (χ1v) is 9.78. The number of hydrogen-bond donors (Lipinski definition) is 2. The Hall–Kier alpha value is -2.74. The van der Waals surface area contributed by atoms with E-state index in [-0.39, 0.29) is 24.8 Å². The first-order valence-electron chi connectivity index (χ1n) is 9.78. The van der Waals surface area contributed by atoms with Gasteiger partial charge < -0.3 is 10.2 Å². The molecule has 0 aromatic heterocycles. The van der Waals surface area contributed by atoms with Crippen molar-refractivity contribution in [2.24, 2.45) is 0 Å². The number of carbonyl (C=O) groups is 4.